The van der Waals surface area contributed by atoms with E-state index in [9.17, 15) is 4.79 Å². The van der Waals surface area contributed by atoms with Crippen LogP contribution in [0.1, 0.15) is 65.0 Å². The van der Waals surface area contributed by atoms with Crippen molar-refractivity contribution in [3.63, 3.8) is 0 Å². The molecule has 2 aliphatic rings. The fourth-order valence-corrected chi connectivity index (χ4v) is 3.40. The van der Waals surface area contributed by atoms with Gasteiger partial charge in [0.2, 0.25) is 0 Å². The number of pyridine rings is 1. The number of aromatic nitrogens is 4. The van der Waals surface area contributed by atoms with Gasteiger partial charge in [0.05, 0.1) is 23.2 Å². The fourth-order valence-electron chi connectivity index (χ4n) is 3.40. The Morgan fingerprint density at radius 2 is 2.12 bits per heavy atom. The number of hydrogen-bond acceptors (Lipinski definition) is 5. The Balaban J connectivity index is 1.43. The summed E-state index contributed by atoms with van der Waals surface area (Å²) in [6.45, 7) is 3.17. The molecule has 3 aromatic rings. The van der Waals surface area contributed by atoms with Gasteiger partial charge in [-0.1, -0.05) is 5.16 Å². The minimum Gasteiger partial charge on any atom is -0.350 e. The zero-order valence-electron chi connectivity index (χ0n) is 14.7. The predicted octanol–water partition coefficient (Wildman–Crippen LogP) is 2.91. The molecule has 0 bridgehead atoms. The van der Waals surface area contributed by atoms with Gasteiger partial charge < -0.3 is 9.84 Å². The van der Waals surface area contributed by atoms with Crippen molar-refractivity contribution < 1.29 is 9.32 Å². The molecule has 3 aromatic heterocycles. The van der Waals surface area contributed by atoms with Gasteiger partial charge >= 0.3 is 0 Å². The molecule has 134 valence electrons. The van der Waals surface area contributed by atoms with Gasteiger partial charge in [0, 0.05) is 36.0 Å². The van der Waals surface area contributed by atoms with Crippen LogP contribution in [0, 0.1) is 6.92 Å². The Morgan fingerprint density at radius 1 is 1.31 bits per heavy atom. The van der Waals surface area contributed by atoms with Crippen molar-refractivity contribution in [2.45, 2.75) is 51.0 Å². The van der Waals surface area contributed by atoms with Gasteiger partial charge in [-0.05, 0) is 44.7 Å². The van der Waals surface area contributed by atoms with E-state index in [0.717, 1.165) is 48.2 Å². The molecule has 0 aliphatic heterocycles. The molecule has 0 radical (unpaired) electrons. The lowest BCUT2D eigenvalue weighted by Crippen LogP contribution is -2.28. The molecule has 3 heterocycles. The molecular formula is C19H21N5O2. The van der Waals surface area contributed by atoms with Gasteiger partial charge in [0.25, 0.3) is 11.6 Å². The molecule has 5 rings (SSSR count). The first-order valence-corrected chi connectivity index (χ1v) is 9.27. The highest BCUT2D eigenvalue weighted by Gasteiger charge is 2.34. The van der Waals surface area contributed by atoms with Crippen LogP contribution >= 0.6 is 0 Å². The normalized spacial score (nSPS) is 17.0. The van der Waals surface area contributed by atoms with Gasteiger partial charge in [0.15, 0.2) is 0 Å². The summed E-state index contributed by atoms with van der Waals surface area (Å²) in [6.07, 6.45) is 6.23. The van der Waals surface area contributed by atoms with Gasteiger partial charge in [-0.25, -0.2) is 4.98 Å². The minimum atomic E-state index is -0.0887. The van der Waals surface area contributed by atoms with Crippen LogP contribution in [0.5, 0.6) is 0 Å². The highest BCUT2D eigenvalue weighted by molar-refractivity contribution is 6.06. The van der Waals surface area contributed by atoms with Gasteiger partial charge in [0.1, 0.15) is 0 Å². The third-order valence-electron chi connectivity index (χ3n) is 5.24. The Labute approximate surface area is 150 Å². The number of nitrogens with zero attached hydrogens (tertiary/aromatic N) is 4. The van der Waals surface area contributed by atoms with E-state index in [2.05, 4.69) is 20.6 Å². The van der Waals surface area contributed by atoms with Crippen LogP contribution < -0.4 is 5.32 Å². The van der Waals surface area contributed by atoms with Crippen LogP contribution in [0.3, 0.4) is 0 Å². The zero-order chi connectivity index (χ0) is 17.7. The maximum absolute atomic E-state index is 12.9. The molecule has 0 saturated heterocycles. The molecule has 0 atom stereocenters. The highest BCUT2D eigenvalue weighted by Crippen LogP contribution is 2.45. The Morgan fingerprint density at radius 3 is 2.81 bits per heavy atom. The van der Waals surface area contributed by atoms with Crippen LogP contribution in [0.25, 0.3) is 11.1 Å². The number of hydrogen-bond donors (Lipinski definition) is 1. The van der Waals surface area contributed by atoms with Crippen LogP contribution in [-0.2, 0) is 6.54 Å². The first-order chi connectivity index (χ1) is 12.7. The van der Waals surface area contributed by atoms with E-state index in [-0.39, 0.29) is 5.91 Å². The first-order valence-electron chi connectivity index (χ1n) is 9.27. The van der Waals surface area contributed by atoms with Crippen molar-refractivity contribution in [2.24, 2.45) is 0 Å². The van der Waals surface area contributed by atoms with E-state index < -0.39 is 0 Å². The highest BCUT2D eigenvalue weighted by atomic mass is 16.5. The van der Waals surface area contributed by atoms with Crippen molar-refractivity contribution in [3.8, 4) is 0 Å². The van der Waals surface area contributed by atoms with Crippen molar-refractivity contribution in [2.75, 3.05) is 6.54 Å². The largest absolute Gasteiger partial charge is 0.350 e. The van der Waals surface area contributed by atoms with Crippen LogP contribution in [0.4, 0.5) is 0 Å². The van der Waals surface area contributed by atoms with E-state index in [1.165, 1.54) is 0 Å². The number of aryl methyl sites for hydroxylation is 1. The maximum atomic E-state index is 12.9. The van der Waals surface area contributed by atoms with Crippen LogP contribution in [0.15, 0.2) is 22.9 Å². The lowest BCUT2D eigenvalue weighted by molar-refractivity contribution is 0.0953. The van der Waals surface area contributed by atoms with E-state index in [1.54, 1.807) is 6.20 Å². The molecule has 2 aliphatic carbocycles. The fraction of sp³-hybridized carbons (Fsp3) is 0.474. The van der Waals surface area contributed by atoms with Crippen molar-refractivity contribution in [3.05, 3.63) is 41.0 Å². The van der Waals surface area contributed by atoms with Crippen LogP contribution in [0.2, 0.25) is 0 Å². The summed E-state index contributed by atoms with van der Waals surface area (Å²) in [5, 5.41) is 12.3. The lowest BCUT2D eigenvalue weighted by Gasteiger charge is -2.09. The average Bonchev–Trinajstić information content (AvgIpc) is 3.57. The van der Waals surface area contributed by atoms with E-state index in [4.69, 9.17) is 4.52 Å². The summed E-state index contributed by atoms with van der Waals surface area (Å²) >= 11 is 0. The van der Waals surface area contributed by atoms with Gasteiger partial charge in [-0.3, -0.25) is 9.48 Å². The molecule has 1 N–H and O–H groups in total. The molecule has 2 fully saturated rings. The van der Waals surface area contributed by atoms with Gasteiger partial charge in [-0.2, -0.15) is 5.10 Å². The molecule has 26 heavy (non-hydrogen) atoms. The standard InChI is InChI=1S/C19H21N5O2/c1-11-6-7-21-24(11)9-8-20-18(25)14-10-15(12-2-3-12)22-19-16(14)17(23-26-19)13-4-5-13/h6-7,10,12-13H,2-5,8-9H2,1H3,(H,20,25). The van der Waals surface area contributed by atoms with E-state index >= 15 is 0 Å². The van der Waals surface area contributed by atoms with Gasteiger partial charge in [-0.15, -0.1) is 0 Å². The molecule has 1 amide bonds. The van der Waals surface area contributed by atoms with Crippen molar-refractivity contribution in [1.29, 1.82) is 0 Å². The Hall–Kier alpha value is -2.70. The average molecular weight is 351 g/mol. The number of carbonyl (C=O) groups excluding carboxylic acids is 1. The smallest absolute Gasteiger partial charge is 0.259 e. The monoisotopic (exact) mass is 351 g/mol. The summed E-state index contributed by atoms with van der Waals surface area (Å²) in [5.74, 6) is 0.768. The molecule has 7 heteroatoms. The third-order valence-corrected chi connectivity index (χ3v) is 5.24. The van der Waals surface area contributed by atoms with Crippen LogP contribution in [-0.4, -0.2) is 32.4 Å². The molecule has 0 unspecified atom stereocenters. The van der Waals surface area contributed by atoms with E-state index in [0.29, 0.717) is 36.2 Å². The molecule has 2 saturated carbocycles. The van der Waals surface area contributed by atoms with Crippen molar-refractivity contribution in [1.82, 2.24) is 25.2 Å². The number of amides is 1. The minimum absolute atomic E-state index is 0.0887. The number of nitrogens with one attached hydrogen (secondary N) is 1. The topological polar surface area (TPSA) is 85.8 Å². The first kappa shape index (κ1) is 15.5. The molecular weight excluding hydrogens is 330 g/mol. The summed E-state index contributed by atoms with van der Waals surface area (Å²) in [7, 11) is 0. The second kappa shape index (κ2) is 5.93. The number of carbonyl (C=O) groups is 1. The summed E-state index contributed by atoms with van der Waals surface area (Å²) in [6, 6.07) is 3.90. The molecule has 7 nitrogen and oxygen atoms in total. The SMILES string of the molecule is Cc1ccnn1CCNC(=O)c1cc(C2CC2)nc2onc(C3CC3)c12. The quantitative estimate of drug-likeness (QED) is 0.738. The number of rotatable bonds is 6. The summed E-state index contributed by atoms with van der Waals surface area (Å²) in [4.78, 5) is 17.5. The molecule has 0 aromatic carbocycles. The molecule has 0 spiro atoms. The second-order valence-electron chi connectivity index (χ2n) is 7.34. The lowest BCUT2D eigenvalue weighted by atomic mass is 10.1. The maximum Gasteiger partial charge on any atom is 0.259 e. The Kier molecular flexibility index (Phi) is 3.55. The zero-order valence-corrected chi connectivity index (χ0v) is 14.7. The van der Waals surface area contributed by atoms with Crippen molar-refractivity contribution >= 4 is 17.0 Å². The predicted molar refractivity (Wildman–Crippen MR) is 95.1 cm³/mol. The second-order valence-corrected chi connectivity index (χ2v) is 7.34. The Bertz CT molecular complexity index is 981. The summed E-state index contributed by atoms with van der Waals surface area (Å²) < 4.78 is 7.37. The third kappa shape index (κ3) is 2.77. The van der Waals surface area contributed by atoms with E-state index in [1.807, 2.05) is 23.7 Å². The number of fused-ring (bicyclic) bond motifs is 1. The summed E-state index contributed by atoms with van der Waals surface area (Å²) in [5.41, 5.74) is 4.07.